The first-order chi connectivity index (χ1) is 8.07. The normalized spacial score (nSPS) is 14.3. The van der Waals surface area contributed by atoms with E-state index in [4.69, 9.17) is 15.3 Å². The van der Waals surface area contributed by atoms with Crippen LogP contribution in [0.5, 0.6) is 0 Å². The molecule has 5 N–H and O–H groups in total. The van der Waals surface area contributed by atoms with Crippen LogP contribution < -0.4 is 5.32 Å². The van der Waals surface area contributed by atoms with Crippen molar-refractivity contribution in [3.63, 3.8) is 0 Å². The Balaban J connectivity index is 4.08. The van der Waals surface area contributed by atoms with E-state index < -0.39 is 11.6 Å². The second kappa shape index (κ2) is 8.79. The molecule has 0 saturated carbocycles. The lowest BCUT2D eigenvalue weighted by atomic mass is 10.0. The Morgan fingerprint density at radius 1 is 1.06 bits per heavy atom. The highest BCUT2D eigenvalue weighted by Gasteiger charge is 2.28. The summed E-state index contributed by atoms with van der Waals surface area (Å²) in [5.74, 6) is 0. The van der Waals surface area contributed by atoms with Crippen LogP contribution in [-0.4, -0.2) is 83.0 Å². The van der Waals surface area contributed by atoms with E-state index in [-0.39, 0.29) is 26.4 Å². The van der Waals surface area contributed by atoms with Crippen LogP contribution >= 0.6 is 0 Å². The van der Waals surface area contributed by atoms with Gasteiger partial charge in [0.25, 0.3) is 0 Å². The highest BCUT2D eigenvalue weighted by atomic mass is 16.3. The molecule has 1 unspecified atom stereocenters. The summed E-state index contributed by atoms with van der Waals surface area (Å²) in [6.07, 6.45) is -0.598. The summed E-state index contributed by atoms with van der Waals surface area (Å²) in [7, 11) is 0. The van der Waals surface area contributed by atoms with Crippen molar-refractivity contribution in [1.82, 2.24) is 10.2 Å². The summed E-state index contributed by atoms with van der Waals surface area (Å²) in [6.45, 7) is 5.37. The van der Waals surface area contributed by atoms with Crippen molar-refractivity contribution < 1.29 is 20.4 Å². The molecule has 6 heteroatoms. The Hall–Kier alpha value is -0.240. The Labute approximate surface area is 103 Å². The van der Waals surface area contributed by atoms with E-state index in [0.717, 1.165) is 13.1 Å². The number of aliphatic hydroxyl groups is 4. The molecule has 0 amide bonds. The van der Waals surface area contributed by atoms with E-state index in [1.807, 2.05) is 13.8 Å². The van der Waals surface area contributed by atoms with Gasteiger partial charge in [0.1, 0.15) is 0 Å². The van der Waals surface area contributed by atoms with Gasteiger partial charge in [0.05, 0.1) is 31.5 Å². The van der Waals surface area contributed by atoms with Gasteiger partial charge in [-0.05, 0) is 13.1 Å². The van der Waals surface area contributed by atoms with E-state index in [1.165, 1.54) is 0 Å². The average Bonchev–Trinajstić information content (AvgIpc) is 2.38. The quantitative estimate of drug-likeness (QED) is 0.308. The number of likely N-dealkylation sites (N-methyl/N-ethyl adjacent to an activating group) is 1. The van der Waals surface area contributed by atoms with Crippen molar-refractivity contribution in [3.05, 3.63) is 0 Å². The maximum absolute atomic E-state index is 9.78. The number of aliphatic hydroxyl groups excluding tert-OH is 4. The molecule has 0 fully saturated rings. The Morgan fingerprint density at radius 3 is 1.88 bits per heavy atom. The summed E-state index contributed by atoms with van der Waals surface area (Å²) < 4.78 is 0. The Morgan fingerprint density at radius 2 is 1.53 bits per heavy atom. The molecule has 0 rings (SSSR count). The molecule has 0 bridgehead atoms. The highest BCUT2D eigenvalue weighted by Crippen LogP contribution is 2.02. The maximum atomic E-state index is 9.78. The number of β-amino-alcohol motifs (C(OH)–C–C–N with tert-alkyl or cyclic N) is 1. The lowest BCUT2D eigenvalue weighted by molar-refractivity contribution is 0.0280. The fourth-order valence-electron chi connectivity index (χ4n) is 1.50. The molecule has 6 nitrogen and oxygen atoms in total. The monoisotopic (exact) mass is 250 g/mol. The van der Waals surface area contributed by atoms with Crippen LogP contribution in [-0.2, 0) is 0 Å². The lowest BCUT2D eigenvalue weighted by Gasteiger charge is -2.31. The van der Waals surface area contributed by atoms with Gasteiger partial charge in [-0.3, -0.25) is 0 Å². The second-order valence-corrected chi connectivity index (χ2v) is 4.28. The van der Waals surface area contributed by atoms with E-state index in [1.54, 1.807) is 0 Å². The number of hydrogen-bond acceptors (Lipinski definition) is 6. The molecule has 0 spiro atoms. The summed E-state index contributed by atoms with van der Waals surface area (Å²) in [4.78, 5) is 2.07. The van der Waals surface area contributed by atoms with Crippen molar-refractivity contribution in [2.45, 2.75) is 25.5 Å². The molecule has 0 aliphatic carbocycles. The minimum Gasteiger partial charge on any atom is -0.394 e. The summed E-state index contributed by atoms with van der Waals surface area (Å²) in [6, 6.07) is 0. The van der Waals surface area contributed by atoms with Crippen molar-refractivity contribution >= 4 is 0 Å². The molecule has 1 atom stereocenters. The summed E-state index contributed by atoms with van der Waals surface area (Å²) in [5, 5.41) is 39.9. The zero-order chi connectivity index (χ0) is 13.3. The molecular formula is C11H26N2O4. The number of nitrogens with zero attached hydrogens (tertiary/aromatic N) is 1. The third kappa shape index (κ3) is 5.76. The van der Waals surface area contributed by atoms with Gasteiger partial charge in [-0.1, -0.05) is 13.8 Å². The van der Waals surface area contributed by atoms with Crippen molar-refractivity contribution in [1.29, 1.82) is 0 Å². The molecule has 104 valence electrons. The van der Waals surface area contributed by atoms with E-state index in [9.17, 15) is 5.11 Å². The van der Waals surface area contributed by atoms with Crippen LogP contribution in [0.1, 0.15) is 13.8 Å². The standard InChI is InChI=1S/C11H26N2O4/c1-3-13(4-2)6-10(17)5-12-11(7-14,8-15)9-16/h10,12,14-17H,3-9H2,1-2H3. The molecule has 0 aliphatic heterocycles. The Bertz CT molecular complexity index is 176. The van der Waals surface area contributed by atoms with Crippen LogP contribution in [0.4, 0.5) is 0 Å². The van der Waals surface area contributed by atoms with Gasteiger partial charge in [-0.2, -0.15) is 0 Å². The molecular weight excluding hydrogens is 224 g/mol. The first-order valence-electron chi connectivity index (χ1n) is 6.05. The topological polar surface area (TPSA) is 96.2 Å². The van der Waals surface area contributed by atoms with E-state index in [2.05, 4.69) is 10.2 Å². The van der Waals surface area contributed by atoms with Gasteiger partial charge < -0.3 is 30.6 Å². The predicted octanol–water partition coefficient (Wildman–Crippen LogP) is -2.01. The van der Waals surface area contributed by atoms with Gasteiger partial charge in [0.2, 0.25) is 0 Å². The van der Waals surface area contributed by atoms with E-state index >= 15 is 0 Å². The maximum Gasteiger partial charge on any atom is 0.0882 e. The average molecular weight is 250 g/mol. The third-order valence-corrected chi connectivity index (χ3v) is 2.98. The zero-order valence-electron chi connectivity index (χ0n) is 10.8. The van der Waals surface area contributed by atoms with Gasteiger partial charge >= 0.3 is 0 Å². The van der Waals surface area contributed by atoms with Gasteiger partial charge in [0, 0.05) is 13.1 Å². The summed E-state index contributed by atoms with van der Waals surface area (Å²) >= 11 is 0. The van der Waals surface area contributed by atoms with Gasteiger partial charge in [0.15, 0.2) is 0 Å². The van der Waals surface area contributed by atoms with Gasteiger partial charge in [-0.15, -0.1) is 0 Å². The van der Waals surface area contributed by atoms with Crippen LogP contribution in [0.25, 0.3) is 0 Å². The fraction of sp³-hybridized carbons (Fsp3) is 1.00. The van der Waals surface area contributed by atoms with Crippen LogP contribution in [0.3, 0.4) is 0 Å². The molecule has 0 aliphatic rings. The first-order valence-corrected chi connectivity index (χ1v) is 6.05. The second-order valence-electron chi connectivity index (χ2n) is 4.28. The predicted molar refractivity (Wildman–Crippen MR) is 65.8 cm³/mol. The molecule has 0 saturated heterocycles. The minimum absolute atomic E-state index is 0.220. The molecule has 0 radical (unpaired) electrons. The summed E-state index contributed by atoms with van der Waals surface area (Å²) in [5.41, 5.74) is -1.12. The van der Waals surface area contributed by atoms with Crippen LogP contribution in [0.2, 0.25) is 0 Å². The van der Waals surface area contributed by atoms with Crippen molar-refractivity contribution in [2.75, 3.05) is 46.0 Å². The SMILES string of the molecule is CCN(CC)CC(O)CNC(CO)(CO)CO. The number of hydrogen-bond donors (Lipinski definition) is 5. The van der Waals surface area contributed by atoms with E-state index in [0.29, 0.717) is 6.54 Å². The van der Waals surface area contributed by atoms with Crippen LogP contribution in [0.15, 0.2) is 0 Å². The highest BCUT2D eigenvalue weighted by molar-refractivity contribution is 4.87. The largest absolute Gasteiger partial charge is 0.394 e. The number of nitrogens with one attached hydrogen (secondary N) is 1. The van der Waals surface area contributed by atoms with Crippen molar-refractivity contribution in [3.8, 4) is 0 Å². The molecule has 0 aromatic heterocycles. The first kappa shape index (κ1) is 16.8. The molecule has 0 heterocycles. The smallest absolute Gasteiger partial charge is 0.0882 e. The van der Waals surface area contributed by atoms with Crippen LogP contribution in [0, 0.1) is 0 Å². The lowest BCUT2D eigenvalue weighted by Crippen LogP contribution is -2.57. The number of rotatable bonds is 10. The van der Waals surface area contributed by atoms with Gasteiger partial charge in [-0.25, -0.2) is 0 Å². The third-order valence-electron chi connectivity index (χ3n) is 2.98. The molecule has 17 heavy (non-hydrogen) atoms. The minimum atomic E-state index is -1.12. The zero-order valence-corrected chi connectivity index (χ0v) is 10.8. The Kier molecular flexibility index (Phi) is 8.67. The molecule has 0 aromatic rings. The van der Waals surface area contributed by atoms with Crippen molar-refractivity contribution in [2.24, 2.45) is 0 Å². The molecule has 0 aromatic carbocycles. The fourth-order valence-corrected chi connectivity index (χ4v) is 1.50.